The van der Waals surface area contributed by atoms with Crippen LogP contribution in [0.2, 0.25) is 0 Å². The number of fused-ring (bicyclic) bond motifs is 1. The summed E-state index contributed by atoms with van der Waals surface area (Å²) in [5.41, 5.74) is 4.49. The SMILES string of the molecule is COC(=O)C(CCCCCNC(Cc1ccccc1)C(=O)N(C)Cc1ccccc1)Cc1c[nH]c2ccccc12. The van der Waals surface area contributed by atoms with Gasteiger partial charge in [0.15, 0.2) is 0 Å². The summed E-state index contributed by atoms with van der Waals surface area (Å²) in [4.78, 5) is 31.1. The topological polar surface area (TPSA) is 74.4 Å². The Kier molecular flexibility index (Phi) is 10.9. The first-order valence-electron chi connectivity index (χ1n) is 14.2. The van der Waals surface area contributed by atoms with Gasteiger partial charge in [0.25, 0.3) is 0 Å². The highest BCUT2D eigenvalue weighted by molar-refractivity contribution is 5.84. The molecule has 210 valence electrons. The molecule has 2 atom stereocenters. The number of carbonyl (C=O) groups is 2. The molecule has 0 fully saturated rings. The van der Waals surface area contributed by atoms with Crippen molar-refractivity contribution in [2.75, 3.05) is 20.7 Å². The number of amides is 1. The van der Waals surface area contributed by atoms with Crippen LogP contribution in [0.4, 0.5) is 0 Å². The number of hydrogen-bond acceptors (Lipinski definition) is 4. The third kappa shape index (κ3) is 8.30. The first-order chi connectivity index (χ1) is 19.5. The van der Waals surface area contributed by atoms with Gasteiger partial charge in [-0.05, 0) is 55.0 Å². The molecule has 0 spiro atoms. The van der Waals surface area contributed by atoms with E-state index in [1.807, 2.05) is 84.9 Å². The standard InChI is InChI=1S/C34H41N3O3/c1-37(25-27-16-8-4-9-17-27)33(38)32(22-26-14-6-3-7-15-26)35-21-13-5-10-18-28(34(39)40-2)23-29-24-36-31-20-12-11-19-30(29)31/h3-4,6-9,11-12,14-17,19-20,24,28,32,35-36H,5,10,13,18,21-23,25H2,1-2H3. The molecular formula is C34H41N3O3. The van der Waals surface area contributed by atoms with E-state index in [2.05, 4.69) is 28.5 Å². The van der Waals surface area contributed by atoms with Crippen LogP contribution in [0.25, 0.3) is 10.9 Å². The van der Waals surface area contributed by atoms with Crippen LogP contribution in [-0.2, 0) is 33.7 Å². The molecule has 40 heavy (non-hydrogen) atoms. The van der Waals surface area contributed by atoms with Crippen LogP contribution in [0.1, 0.15) is 42.4 Å². The molecule has 1 amide bonds. The van der Waals surface area contributed by atoms with E-state index in [1.165, 1.54) is 7.11 Å². The number of nitrogens with one attached hydrogen (secondary N) is 2. The van der Waals surface area contributed by atoms with Crippen LogP contribution in [0.15, 0.2) is 91.1 Å². The molecule has 6 nitrogen and oxygen atoms in total. The summed E-state index contributed by atoms with van der Waals surface area (Å²) in [7, 11) is 3.34. The molecular weight excluding hydrogens is 498 g/mol. The Hall–Kier alpha value is -3.90. The summed E-state index contributed by atoms with van der Waals surface area (Å²) in [6.07, 6.45) is 6.92. The molecule has 0 aliphatic carbocycles. The van der Waals surface area contributed by atoms with Crippen molar-refractivity contribution in [1.82, 2.24) is 15.2 Å². The molecule has 2 unspecified atom stereocenters. The van der Waals surface area contributed by atoms with Gasteiger partial charge in [-0.3, -0.25) is 9.59 Å². The fraction of sp³-hybridized carbons (Fsp3) is 0.353. The van der Waals surface area contributed by atoms with Crippen molar-refractivity contribution in [3.63, 3.8) is 0 Å². The number of methoxy groups -OCH3 is 1. The third-order valence-electron chi connectivity index (χ3n) is 7.52. The molecule has 0 saturated carbocycles. The van der Waals surface area contributed by atoms with Gasteiger partial charge in [-0.1, -0.05) is 91.7 Å². The molecule has 0 aliphatic heterocycles. The molecule has 6 heteroatoms. The Labute approximate surface area is 237 Å². The molecule has 4 aromatic rings. The average Bonchev–Trinajstić information content (AvgIpc) is 3.40. The highest BCUT2D eigenvalue weighted by Gasteiger charge is 2.23. The number of likely N-dealkylation sites (N-methyl/N-ethyl adjacent to an activating group) is 1. The number of ether oxygens (including phenoxy) is 1. The van der Waals surface area contributed by atoms with E-state index in [0.717, 1.165) is 59.8 Å². The minimum Gasteiger partial charge on any atom is -0.469 e. The van der Waals surface area contributed by atoms with Gasteiger partial charge in [0.05, 0.1) is 19.1 Å². The van der Waals surface area contributed by atoms with Crippen LogP contribution in [0, 0.1) is 5.92 Å². The van der Waals surface area contributed by atoms with Crippen molar-refractivity contribution < 1.29 is 14.3 Å². The fourth-order valence-electron chi connectivity index (χ4n) is 5.30. The van der Waals surface area contributed by atoms with Gasteiger partial charge in [-0.15, -0.1) is 0 Å². The molecule has 3 aromatic carbocycles. The van der Waals surface area contributed by atoms with Gasteiger partial charge in [0.1, 0.15) is 0 Å². The second kappa shape index (κ2) is 15.0. The zero-order valence-electron chi connectivity index (χ0n) is 23.6. The molecule has 2 N–H and O–H groups in total. The third-order valence-corrected chi connectivity index (χ3v) is 7.52. The van der Waals surface area contributed by atoms with E-state index in [0.29, 0.717) is 19.4 Å². The Balaban J connectivity index is 1.28. The number of H-pyrrole nitrogens is 1. The van der Waals surface area contributed by atoms with Crippen LogP contribution in [0.3, 0.4) is 0 Å². The number of benzene rings is 3. The Morgan fingerprint density at radius 3 is 2.25 bits per heavy atom. The number of unbranched alkanes of at least 4 members (excludes halogenated alkanes) is 2. The summed E-state index contributed by atoms with van der Waals surface area (Å²) >= 11 is 0. The minimum absolute atomic E-state index is 0.0946. The first-order valence-corrected chi connectivity index (χ1v) is 14.2. The summed E-state index contributed by atoms with van der Waals surface area (Å²) in [6.45, 7) is 1.33. The molecule has 1 aromatic heterocycles. The van der Waals surface area contributed by atoms with Gasteiger partial charge in [0.2, 0.25) is 5.91 Å². The number of carbonyl (C=O) groups excluding carboxylic acids is 2. The summed E-state index contributed by atoms with van der Waals surface area (Å²) in [5, 5.41) is 4.69. The monoisotopic (exact) mass is 539 g/mol. The smallest absolute Gasteiger partial charge is 0.308 e. The predicted octanol–water partition coefficient (Wildman–Crippen LogP) is 5.92. The molecule has 0 aliphatic rings. The van der Waals surface area contributed by atoms with Crippen LogP contribution in [0.5, 0.6) is 0 Å². The van der Waals surface area contributed by atoms with Crippen LogP contribution >= 0.6 is 0 Å². The van der Waals surface area contributed by atoms with E-state index < -0.39 is 0 Å². The Bertz CT molecular complexity index is 1340. The van der Waals surface area contributed by atoms with Crippen LogP contribution < -0.4 is 5.32 Å². The fourth-order valence-corrected chi connectivity index (χ4v) is 5.30. The normalized spacial score (nSPS) is 12.7. The highest BCUT2D eigenvalue weighted by Crippen LogP contribution is 2.24. The zero-order chi connectivity index (χ0) is 28.2. The van der Waals surface area contributed by atoms with E-state index in [1.54, 1.807) is 0 Å². The van der Waals surface area contributed by atoms with Gasteiger partial charge in [0, 0.05) is 30.7 Å². The van der Waals surface area contributed by atoms with Crippen molar-refractivity contribution in [1.29, 1.82) is 0 Å². The van der Waals surface area contributed by atoms with Crippen molar-refractivity contribution in [3.8, 4) is 0 Å². The molecule has 0 saturated heterocycles. The van der Waals surface area contributed by atoms with Crippen molar-refractivity contribution in [2.24, 2.45) is 5.92 Å². The number of aromatic amines is 1. The molecule has 4 rings (SSSR count). The lowest BCUT2D eigenvalue weighted by molar-refractivity contribution is -0.145. The predicted molar refractivity (Wildman–Crippen MR) is 161 cm³/mol. The average molecular weight is 540 g/mol. The second-order valence-corrected chi connectivity index (χ2v) is 10.5. The van der Waals surface area contributed by atoms with E-state index in [-0.39, 0.29) is 23.8 Å². The number of nitrogens with zero attached hydrogens (tertiary/aromatic N) is 1. The lowest BCUT2D eigenvalue weighted by Gasteiger charge is -2.25. The maximum atomic E-state index is 13.4. The number of para-hydroxylation sites is 1. The minimum atomic E-state index is -0.291. The highest BCUT2D eigenvalue weighted by atomic mass is 16.5. The Morgan fingerprint density at radius 2 is 1.52 bits per heavy atom. The van der Waals surface area contributed by atoms with Crippen molar-refractivity contribution >= 4 is 22.8 Å². The number of hydrogen-bond donors (Lipinski definition) is 2. The molecule has 1 heterocycles. The van der Waals surface area contributed by atoms with Gasteiger partial charge in [-0.2, -0.15) is 0 Å². The first kappa shape index (κ1) is 29.1. The summed E-state index contributed by atoms with van der Waals surface area (Å²) < 4.78 is 5.13. The molecule has 0 bridgehead atoms. The van der Waals surface area contributed by atoms with E-state index in [4.69, 9.17) is 4.74 Å². The lowest BCUT2D eigenvalue weighted by atomic mass is 9.93. The van der Waals surface area contributed by atoms with Gasteiger partial charge >= 0.3 is 5.97 Å². The van der Waals surface area contributed by atoms with Gasteiger partial charge < -0.3 is 19.9 Å². The zero-order valence-corrected chi connectivity index (χ0v) is 23.6. The Morgan fingerprint density at radius 1 is 0.850 bits per heavy atom. The van der Waals surface area contributed by atoms with Gasteiger partial charge in [-0.25, -0.2) is 0 Å². The maximum Gasteiger partial charge on any atom is 0.308 e. The number of aromatic nitrogens is 1. The second-order valence-electron chi connectivity index (χ2n) is 10.5. The summed E-state index contributed by atoms with van der Waals surface area (Å²) in [6, 6.07) is 28.1. The molecule has 0 radical (unpaired) electrons. The van der Waals surface area contributed by atoms with E-state index in [9.17, 15) is 9.59 Å². The number of esters is 1. The van der Waals surface area contributed by atoms with Crippen LogP contribution in [-0.4, -0.2) is 48.5 Å². The number of rotatable bonds is 15. The largest absolute Gasteiger partial charge is 0.469 e. The maximum absolute atomic E-state index is 13.4. The summed E-state index contributed by atoms with van der Waals surface area (Å²) in [5.74, 6) is -0.230. The van der Waals surface area contributed by atoms with E-state index >= 15 is 0 Å². The van der Waals surface area contributed by atoms with Crippen molar-refractivity contribution in [3.05, 3.63) is 108 Å². The quantitative estimate of drug-likeness (QED) is 0.145. The van der Waals surface area contributed by atoms with Crippen molar-refractivity contribution in [2.45, 2.75) is 51.1 Å². The lowest BCUT2D eigenvalue weighted by Crippen LogP contribution is -2.46.